The summed E-state index contributed by atoms with van der Waals surface area (Å²) in [5.74, 6) is 0.172. The zero-order valence-corrected chi connectivity index (χ0v) is 8.76. The zero-order chi connectivity index (χ0) is 10.8. The van der Waals surface area contributed by atoms with Crippen molar-refractivity contribution in [2.75, 3.05) is 11.5 Å². The maximum absolute atomic E-state index is 11.8. The van der Waals surface area contributed by atoms with E-state index >= 15 is 0 Å². The van der Waals surface area contributed by atoms with Crippen LogP contribution in [-0.2, 0) is 4.79 Å². The molecule has 1 aromatic rings. The summed E-state index contributed by atoms with van der Waals surface area (Å²) in [6.45, 7) is 2.06. The Morgan fingerprint density at radius 1 is 1.40 bits per heavy atom. The minimum absolute atomic E-state index is 0.0673. The molecule has 2 rings (SSSR count). The van der Waals surface area contributed by atoms with Crippen molar-refractivity contribution in [3.05, 3.63) is 30.3 Å². The van der Waals surface area contributed by atoms with Crippen LogP contribution in [0.5, 0.6) is 0 Å². The molecule has 0 aliphatic carbocycles. The fourth-order valence-corrected chi connectivity index (χ4v) is 2.12. The van der Waals surface area contributed by atoms with Crippen LogP contribution in [0.15, 0.2) is 30.3 Å². The number of carbonyl (C=O) groups is 1. The molecule has 0 radical (unpaired) electrons. The lowest BCUT2D eigenvalue weighted by molar-refractivity contribution is -0.117. The van der Waals surface area contributed by atoms with Gasteiger partial charge in [0.15, 0.2) is 0 Å². The number of nitrogens with zero attached hydrogens (tertiary/aromatic N) is 1. The first-order valence-electron chi connectivity index (χ1n) is 5.22. The number of hydrogen-bond donors (Lipinski definition) is 1. The smallest absolute Gasteiger partial charge is 0.227 e. The van der Waals surface area contributed by atoms with E-state index in [0.29, 0.717) is 6.42 Å². The van der Waals surface area contributed by atoms with E-state index in [1.807, 2.05) is 37.3 Å². The number of carbonyl (C=O) groups excluding carboxylic acids is 1. The number of amides is 1. The van der Waals surface area contributed by atoms with E-state index in [9.17, 15) is 4.79 Å². The predicted molar refractivity (Wildman–Crippen MR) is 58.6 cm³/mol. The molecule has 1 saturated heterocycles. The summed E-state index contributed by atoms with van der Waals surface area (Å²) in [6.07, 6.45) is 0.451. The first-order valence-corrected chi connectivity index (χ1v) is 5.22. The second kappa shape index (κ2) is 4.03. The largest absolute Gasteiger partial charge is 0.396 e. The highest BCUT2D eigenvalue weighted by Crippen LogP contribution is 2.30. The van der Waals surface area contributed by atoms with E-state index in [1.165, 1.54) is 0 Å². The molecule has 1 aliphatic heterocycles. The number of anilines is 1. The van der Waals surface area contributed by atoms with Crippen molar-refractivity contribution in [2.24, 2.45) is 5.92 Å². The summed E-state index contributed by atoms with van der Waals surface area (Å²) in [4.78, 5) is 13.5. The van der Waals surface area contributed by atoms with Crippen LogP contribution in [0.3, 0.4) is 0 Å². The summed E-state index contributed by atoms with van der Waals surface area (Å²) in [5.41, 5.74) is 0.922. The molecule has 0 aromatic heterocycles. The molecule has 3 nitrogen and oxygen atoms in total. The fraction of sp³-hybridized carbons (Fsp3) is 0.417. The van der Waals surface area contributed by atoms with Crippen molar-refractivity contribution in [1.29, 1.82) is 0 Å². The monoisotopic (exact) mass is 205 g/mol. The minimum atomic E-state index is 0.0673. The first-order chi connectivity index (χ1) is 7.24. The Hall–Kier alpha value is -1.35. The van der Waals surface area contributed by atoms with Gasteiger partial charge in [0.2, 0.25) is 5.91 Å². The molecule has 80 valence electrons. The summed E-state index contributed by atoms with van der Waals surface area (Å²) in [6, 6.07) is 9.70. The van der Waals surface area contributed by atoms with E-state index in [4.69, 9.17) is 5.11 Å². The minimum Gasteiger partial charge on any atom is -0.396 e. The lowest BCUT2D eigenvalue weighted by Gasteiger charge is -2.24. The number of hydrogen-bond acceptors (Lipinski definition) is 2. The van der Waals surface area contributed by atoms with Gasteiger partial charge in [0.05, 0.1) is 0 Å². The molecule has 1 fully saturated rings. The molecule has 0 saturated carbocycles. The predicted octanol–water partition coefficient (Wildman–Crippen LogP) is 1.42. The molecule has 15 heavy (non-hydrogen) atoms. The van der Waals surface area contributed by atoms with Gasteiger partial charge in [0, 0.05) is 30.7 Å². The Balaban J connectivity index is 2.27. The molecular weight excluding hydrogens is 190 g/mol. The Morgan fingerprint density at radius 3 is 2.60 bits per heavy atom. The van der Waals surface area contributed by atoms with Gasteiger partial charge in [-0.2, -0.15) is 0 Å². The summed E-state index contributed by atoms with van der Waals surface area (Å²) in [7, 11) is 0. The van der Waals surface area contributed by atoms with Crippen molar-refractivity contribution in [3.63, 3.8) is 0 Å². The number of aliphatic hydroxyl groups excluding tert-OH is 1. The van der Waals surface area contributed by atoms with E-state index < -0.39 is 0 Å². The molecular formula is C12H15NO2. The molecule has 1 aromatic carbocycles. The van der Waals surface area contributed by atoms with E-state index in [-0.39, 0.29) is 24.5 Å². The van der Waals surface area contributed by atoms with Crippen LogP contribution in [-0.4, -0.2) is 23.7 Å². The quantitative estimate of drug-likeness (QED) is 0.793. The number of aliphatic hydroxyl groups is 1. The normalized spacial score (nSPS) is 26.0. The second-order valence-corrected chi connectivity index (χ2v) is 3.99. The van der Waals surface area contributed by atoms with Crippen LogP contribution in [0, 0.1) is 5.92 Å². The Morgan fingerprint density at radius 2 is 2.07 bits per heavy atom. The summed E-state index contributed by atoms with van der Waals surface area (Å²) in [5, 5.41) is 9.14. The standard InChI is InChI=1S/C12H15NO2/c1-9-10(8-14)7-12(15)13(9)11-5-3-2-4-6-11/h2-6,9-10,14H,7-8H2,1H3. The number of para-hydroxylation sites is 1. The lowest BCUT2D eigenvalue weighted by atomic mass is 10.0. The fourth-order valence-electron chi connectivity index (χ4n) is 2.12. The number of rotatable bonds is 2. The van der Waals surface area contributed by atoms with Gasteiger partial charge >= 0.3 is 0 Å². The van der Waals surface area contributed by atoms with Gasteiger partial charge in [0.25, 0.3) is 0 Å². The van der Waals surface area contributed by atoms with Gasteiger partial charge < -0.3 is 10.0 Å². The highest BCUT2D eigenvalue weighted by molar-refractivity contribution is 5.96. The molecule has 2 unspecified atom stereocenters. The number of benzene rings is 1. The zero-order valence-electron chi connectivity index (χ0n) is 8.76. The molecule has 3 heteroatoms. The van der Waals surface area contributed by atoms with Crippen molar-refractivity contribution in [3.8, 4) is 0 Å². The van der Waals surface area contributed by atoms with Crippen LogP contribution in [0.25, 0.3) is 0 Å². The molecule has 1 aliphatic rings. The van der Waals surface area contributed by atoms with E-state index in [0.717, 1.165) is 5.69 Å². The third-order valence-electron chi connectivity index (χ3n) is 3.06. The topological polar surface area (TPSA) is 40.5 Å². The maximum Gasteiger partial charge on any atom is 0.227 e. The van der Waals surface area contributed by atoms with Crippen molar-refractivity contribution >= 4 is 11.6 Å². The Labute approximate surface area is 89.3 Å². The molecule has 1 N–H and O–H groups in total. The summed E-state index contributed by atoms with van der Waals surface area (Å²) >= 11 is 0. The van der Waals surface area contributed by atoms with Gasteiger partial charge in [-0.3, -0.25) is 4.79 Å². The molecule has 2 atom stereocenters. The SMILES string of the molecule is CC1C(CO)CC(=O)N1c1ccccc1. The van der Waals surface area contributed by atoms with Crippen molar-refractivity contribution in [1.82, 2.24) is 0 Å². The lowest BCUT2D eigenvalue weighted by Crippen LogP contribution is -2.33. The van der Waals surface area contributed by atoms with Crippen LogP contribution in [0.1, 0.15) is 13.3 Å². The average Bonchev–Trinajstić information content (AvgIpc) is 2.55. The van der Waals surface area contributed by atoms with Gasteiger partial charge in [0.1, 0.15) is 0 Å². The van der Waals surface area contributed by atoms with Crippen LogP contribution in [0.2, 0.25) is 0 Å². The molecule has 0 bridgehead atoms. The Bertz CT molecular complexity index is 350. The highest BCUT2D eigenvalue weighted by atomic mass is 16.3. The maximum atomic E-state index is 11.8. The average molecular weight is 205 g/mol. The van der Waals surface area contributed by atoms with Crippen LogP contribution in [0.4, 0.5) is 5.69 Å². The second-order valence-electron chi connectivity index (χ2n) is 3.99. The van der Waals surface area contributed by atoms with Gasteiger partial charge in [-0.15, -0.1) is 0 Å². The van der Waals surface area contributed by atoms with Crippen LogP contribution >= 0.6 is 0 Å². The van der Waals surface area contributed by atoms with Crippen LogP contribution < -0.4 is 4.90 Å². The van der Waals surface area contributed by atoms with E-state index in [1.54, 1.807) is 4.90 Å². The third kappa shape index (κ3) is 1.75. The highest BCUT2D eigenvalue weighted by Gasteiger charge is 2.36. The van der Waals surface area contributed by atoms with Gasteiger partial charge in [-0.25, -0.2) is 0 Å². The molecule has 0 spiro atoms. The van der Waals surface area contributed by atoms with Gasteiger partial charge in [-0.05, 0) is 19.1 Å². The van der Waals surface area contributed by atoms with Gasteiger partial charge in [-0.1, -0.05) is 18.2 Å². The van der Waals surface area contributed by atoms with E-state index in [2.05, 4.69) is 0 Å². The molecule has 1 heterocycles. The van der Waals surface area contributed by atoms with Crippen molar-refractivity contribution < 1.29 is 9.90 Å². The first kappa shape index (κ1) is 10.2. The van der Waals surface area contributed by atoms with Crippen molar-refractivity contribution in [2.45, 2.75) is 19.4 Å². The molecule has 1 amide bonds. The Kier molecular flexibility index (Phi) is 2.73. The third-order valence-corrected chi connectivity index (χ3v) is 3.06. The summed E-state index contributed by atoms with van der Waals surface area (Å²) < 4.78 is 0.